The van der Waals surface area contributed by atoms with Gasteiger partial charge in [0.15, 0.2) is 16.7 Å². The number of aryl methyl sites for hydroxylation is 1. The van der Waals surface area contributed by atoms with Gasteiger partial charge in [-0.3, -0.25) is 14.2 Å². The molecule has 3 heterocycles. The van der Waals surface area contributed by atoms with E-state index in [1.807, 2.05) is 18.5 Å². The van der Waals surface area contributed by atoms with Crippen molar-refractivity contribution < 1.29 is 14.3 Å². The summed E-state index contributed by atoms with van der Waals surface area (Å²) in [5, 5.41) is 9.14. The van der Waals surface area contributed by atoms with Crippen LogP contribution in [0.4, 0.5) is 5.95 Å². The van der Waals surface area contributed by atoms with E-state index in [0.717, 1.165) is 24.7 Å². The Morgan fingerprint density at radius 1 is 1.23 bits per heavy atom. The second-order valence-corrected chi connectivity index (χ2v) is 7.28. The molecular formula is C17H23N5O3S. The number of morpholine rings is 1. The molecule has 140 valence electrons. The molecule has 0 aromatic carbocycles. The quantitative estimate of drug-likeness (QED) is 0.606. The Bertz CT molecular complexity index is 836. The second kappa shape index (κ2) is 7.63. The molecule has 0 radical (unpaired) electrons. The minimum absolute atomic E-state index is 0.0357. The largest absolute Gasteiger partial charge is 0.378 e. The van der Waals surface area contributed by atoms with Gasteiger partial charge < -0.3 is 14.6 Å². The Kier molecular flexibility index (Phi) is 5.47. The number of Topliss-reactive ketones (excluding diaryl/α,β-unsaturated/α-hetero) is 2. The van der Waals surface area contributed by atoms with Gasteiger partial charge in [-0.1, -0.05) is 11.8 Å². The van der Waals surface area contributed by atoms with E-state index in [2.05, 4.69) is 20.1 Å². The third kappa shape index (κ3) is 3.54. The summed E-state index contributed by atoms with van der Waals surface area (Å²) in [6.07, 6.45) is 0. The van der Waals surface area contributed by atoms with Crippen LogP contribution in [-0.2, 0) is 11.8 Å². The van der Waals surface area contributed by atoms with Gasteiger partial charge in [0.2, 0.25) is 5.95 Å². The number of nitrogens with one attached hydrogen (secondary N) is 1. The highest BCUT2D eigenvalue weighted by Gasteiger charge is 2.22. The summed E-state index contributed by atoms with van der Waals surface area (Å²) in [5.41, 5.74) is 2.55. The molecule has 9 heteroatoms. The zero-order valence-electron chi connectivity index (χ0n) is 15.5. The highest BCUT2D eigenvalue weighted by atomic mass is 32.2. The van der Waals surface area contributed by atoms with Crippen LogP contribution >= 0.6 is 11.8 Å². The molecule has 1 fully saturated rings. The molecule has 1 aliphatic rings. The van der Waals surface area contributed by atoms with E-state index in [9.17, 15) is 9.59 Å². The molecule has 1 aliphatic heterocycles. The lowest BCUT2D eigenvalue weighted by Crippen LogP contribution is -2.37. The topological polar surface area (TPSA) is 93.1 Å². The van der Waals surface area contributed by atoms with E-state index in [0.29, 0.717) is 35.2 Å². The predicted molar refractivity (Wildman–Crippen MR) is 99.4 cm³/mol. The number of nitrogens with zero attached hydrogens (tertiary/aromatic N) is 4. The third-order valence-corrected chi connectivity index (χ3v) is 5.53. The molecule has 26 heavy (non-hydrogen) atoms. The molecule has 2 aromatic heterocycles. The lowest BCUT2D eigenvalue weighted by atomic mass is 10.1. The fourth-order valence-electron chi connectivity index (χ4n) is 3.23. The summed E-state index contributed by atoms with van der Waals surface area (Å²) in [6.45, 7) is 8.05. The van der Waals surface area contributed by atoms with E-state index in [1.165, 1.54) is 18.7 Å². The summed E-state index contributed by atoms with van der Waals surface area (Å²) < 4.78 is 7.26. The van der Waals surface area contributed by atoms with Crippen LogP contribution < -0.4 is 4.90 Å². The maximum atomic E-state index is 12.6. The predicted octanol–water partition coefficient (Wildman–Crippen LogP) is 1.77. The molecule has 0 unspecified atom stereocenters. The minimum Gasteiger partial charge on any atom is -0.378 e. The molecule has 0 bridgehead atoms. The van der Waals surface area contributed by atoms with Crippen LogP contribution in [0, 0.1) is 13.8 Å². The van der Waals surface area contributed by atoms with Crippen LogP contribution in [0.3, 0.4) is 0 Å². The van der Waals surface area contributed by atoms with Gasteiger partial charge in [0.1, 0.15) is 0 Å². The van der Waals surface area contributed by atoms with Crippen molar-refractivity contribution in [1.82, 2.24) is 19.7 Å². The monoisotopic (exact) mass is 377 g/mol. The number of aromatic nitrogens is 4. The normalized spacial score (nSPS) is 14.7. The van der Waals surface area contributed by atoms with Crippen molar-refractivity contribution in [2.24, 2.45) is 7.05 Å². The first kappa shape index (κ1) is 18.7. The summed E-state index contributed by atoms with van der Waals surface area (Å²) in [4.78, 5) is 29.5. The molecule has 8 nitrogen and oxygen atoms in total. The highest BCUT2D eigenvalue weighted by Crippen LogP contribution is 2.24. The zero-order chi connectivity index (χ0) is 18.8. The van der Waals surface area contributed by atoms with E-state index in [1.54, 1.807) is 6.92 Å². The molecule has 0 amide bonds. The lowest BCUT2D eigenvalue weighted by molar-refractivity contribution is 0.101. The van der Waals surface area contributed by atoms with Gasteiger partial charge in [0, 0.05) is 31.4 Å². The SMILES string of the molecule is CC(=O)c1c(C)[nH]c(C(=O)CSc2nnc(N3CCOCC3)n2C)c1C. The Morgan fingerprint density at radius 2 is 1.92 bits per heavy atom. The number of rotatable bonds is 6. The van der Waals surface area contributed by atoms with E-state index in [-0.39, 0.29) is 17.3 Å². The van der Waals surface area contributed by atoms with Crippen LogP contribution in [-0.4, -0.2) is 63.4 Å². The van der Waals surface area contributed by atoms with Crippen molar-refractivity contribution in [2.75, 3.05) is 37.0 Å². The molecule has 3 rings (SSSR count). The Hall–Kier alpha value is -2.13. The van der Waals surface area contributed by atoms with Crippen LogP contribution in [0.25, 0.3) is 0 Å². The minimum atomic E-state index is -0.0565. The number of aromatic amines is 1. The molecule has 0 aliphatic carbocycles. The number of carbonyl (C=O) groups excluding carboxylic acids is 2. The maximum absolute atomic E-state index is 12.6. The number of ketones is 2. The average Bonchev–Trinajstić information content (AvgIpc) is 3.13. The molecule has 0 spiro atoms. The van der Waals surface area contributed by atoms with Crippen LogP contribution in [0.1, 0.15) is 39.0 Å². The van der Waals surface area contributed by atoms with Crippen LogP contribution in [0.5, 0.6) is 0 Å². The van der Waals surface area contributed by atoms with E-state index in [4.69, 9.17) is 4.74 Å². The molecule has 2 aromatic rings. The molecule has 1 N–H and O–H groups in total. The second-order valence-electron chi connectivity index (χ2n) is 6.33. The molecule has 0 saturated carbocycles. The number of H-pyrrole nitrogens is 1. The summed E-state index contributed by atoms with van der Waals surface area (Å²) in [6, 6.07) is 0. The van der Waals surface area contributed by atoms with E-state index >= 15 is 0 Å². The molecular weight excluding hydrogens is 354 g/mol. The first-order valence-corrected chi connectivity index (χ1v) is 9.47. The van der Waals surface area contributed by atoms with Crippen molar-refractivity contribution in [2.45, 2.75) is 25.9 Å². The van der Waals surface area contributed by atoms with Crippen molar-refractivity contribution in [3.8, 4) is 0 Å². The van der Waals surface area contributed by atoms with Gasteiger partial charge in [-0.2, -0.15) is 0 Å². The zero-order valence-corrected chi connectivity index (χ0v) is 16.3. The van der Waals surface area contributed by atoms with Gasteiger partial charge in [-0.05, 0) is 26.3 Å². The van der Waals surface area contributed by atoms with Crippen molar-refractivity contribution in [1.29, 1.82) is 0 Å². The number of carbonyl (C=O) groups is 2. The van der Waals surface area contributed by atoms with Gasteiger partial charge in [0.25, 0.3) is 0 Å². The summed E-state index contributed by atoms with van der Waals surface area (Å²) in [7, 11) is 1.90. The molecule has 0 atom stereocenters. The van der Waals surface area contributed by atoms with Crippen molar-refractivity contribution >= 4 is 29.3 Å². The Balaban J connectivity index is 1.70. The number of ether oxygens (including phenoxy) is 1. The smallest absolute Gasteiger partial charge is 0.227 e. The molecule has 1 saturated heterocycles. The third-order valence-electron chi connectivity index (χ3n) is 4.51. The standard InChI is InChI=1S/C17H23N5O3S/c1-10-14(12(3)23)11(2)18-15(10)13(24)9-26-17-20-19-16(21(17)4)22-5-7-25-8-6-22/h18H,5-9H2,1-4H3. The van der Waals surface area contributed by atoms with Crippen molar-refractivity contribution in [3.05, 3.63) is 22.5 Å². The fourth-order valence-corrected chi connectivity index (χ4v) is 4.01. The Labute approximate surface area is 156 Å². The first-order valence-electron chi connectivity index (χ1n) is 8.48. The first-order chi connectivity index (χ1) is 12.4. The van der Waals surface area contributed by atoms with Crippen molar-refractivity contribution in [3.63, 3.8) is 0 Å². The van der Waals surface area contributed by atoms with Gasteiger partial charge in [0.05, 0.1) is 24.7 Å². The van der Waals surface area contributed by atoms with Gasteiger partial charge >= 0.3 is 0 Å². The fraction of sp³-hybridized carbons (Fsp3) is 0.529. The maximum Gasteiger partial charge on any atom is 0.227 e. The van der Waals surface area contributed by atoms with E-state index < -0.39 is 0 Å². The number of thioether (sulfide) groups is 1. The number of hydrogen-bond acceptors (Lipinski definition) is 7. The van der Waals surface area contributed by atoms with Crippen LogP contribution in [0.2, 0.25) is 0 Å². The summed E-state index contributed by atoms with van der Waals surface area (Å²) >= 11 is 1.34. The Morgan fingerprint density at radius 3 is 2.54 bits per heavy atom. The number of anilines is 1. The van der Waals surface area contributed by atoms with Crippen LogP contribution in [0.15, 0.2) is 5.16 Å². The van der Waals surface area contributed by atoms with Gasteiger partial charge in [-0.25, -0.2) is 0 Å². The van der Waals surface area contributed by atoms with Gasteiger partial charge in [-0.15, -0.1) is 10.2 Å². The lowest BCUT2D eigenvalue weighted by Gasteiger charge is -2.27. The summed E-state index contributed by atoms with van der Waals surface area (Å²) in [5.74, 6) is 0.923. The highest BCUT2D eigenvalue weighted by molar-refractivity contribution is 7.99. The number of hydrogen-bond donors (Lipinski definition) is 1. The average molecular weight is 377 g/mol.